The largest absolute Gasteiger partial charge is 0.478 e. The highest BCUT2D eigenvalue weighted by atomic mass is 16.5. The van der Waals surface area contributed by atoms with E-state index in [0.717, 1.165) is 11.1 Å². The summed E-state index contributed by atoms with van der Waals surface area (Å²) in [7, 11) is 0. The minimum atomic E-state index is -0.166. The number of H-pyrrole nitrogens is 2. The number of ether oxygens (including phenoxy) is 1. The average Bonchev–Trinajstić information content (AvgIpc) is 2.82. The molecule has 0 aliphatic heterocycles. The Hall–Kier alpha value is -2.63. The van der Waals surface area contributed by atoms with E-state index < -0.39 is 0 Å². The van der Waals surface area contributed by atoms with Crippen LogP contribution >= 0.6 is 0 Å². The topological polar surface area (TPSA) is 83.7 Å². The van der Waals surface area contributed by atoms with Gasteiger partial charge >= 0.3 is 0 Å². The SMILES string of the molecule is CCOc1ccc2[nH]c(-c3cc[nH]c(=O)c3)nc2n1. The lowest BCUT2D eigenvalue weighted by Crippen LogP contribution is -2.02. The van der Waals surface area contributed by atoms with Crippen LogP contribution in [0.4, 0.5) is 0 Å². The van der Waals surface area contributed by atoms with Crippen molar-refractivity contribution in [1.29, 1.82) is 0 Å². The molecule has 3 aromatic rings. The predicted octanol–water partition coefficient (Wildman–Crippen LogP) is 1.71. The van der Waals surface area contributed by atoms with Gasteiger partial charge in [0.25, 0.3) is 0 Å². The molecular weight excluding hydrogens is 244 g/mol. The van der Waals surface area contributed by atoms with Crippen LogP contribution in [0.1, 0.15) is 6.92 Å². The van der Waals surface area contributed by atoms with Gasteiger partial charge in [-0.1, -0.05) is 0 Å². The molecule has 0 fully saturated rings. The van der Waals surface area contributed by atoms with Gasteiger partial charge in [-0.15, -0.1) is 0 Å². The Morgan fingerprint density at radius 1 is 1.26 bits per heavy atom. The van der Waals surface area contributed by atoms with Crippen LogP contribution in [0.2, 0.25) is 0 Å². The molecule has 3 aromatic heterocycles. The number of pyridine rings is 2. The van der Waals surface area contributed by atoms with Crippen LogP contribution in [0.3, 0.4) is 0 Å². The standard InChI is InChI=1S/C13H12N4O2/c1-2-19-11-4-3-9-13(16-11)17-12(15-9)8-5-6-14-10(18)7-8/h3-7H,2H2,1H3,(H,14,18)(H,15,16,17). The Balaban J connectivity index is 2.08. The Bertz CT molecular complexity index is 775. The minimum Gasteiger partial charge on any atom is -0.478 e. The van der Waals surface area contributed by atoms with E-state index in [1.807, 2.05) is 13.0 Å². The molecule has 0 atom stereocenters. The zero-order valence-corrected chi connectivity index (χ0v) is 10.3. The second kappa shape index (κ2) is 4.56. The molecule has 19 heavy (non-hydrogen) atoms. The number of imidazole rings is 1. The quantitative estimate of drug-likeness (QED) is 0.747. The summed E-state index contributed by atoms with van der Waals surface area (Å²) in [6, 6.07) is 6.91. The first-order chi connectivity index (χ1) is 9.26. The Kier molecular flexibility index (Phi) is 2.75. The average molecular weight is 256 g/mol. The van der Waals surface area contributed by atoms with E-state index in [4.69, 9.17) is 4.74 Å². The first-order valence-electron chi connectivity index (χ1n) is 5.95. The number of hydrogen-bond donors (Lipinski definition) is 2. The molecule has 6 nitrogen and oxygen atoms in total. The number of hydrogen-bond acceptors (Lipinski definition) is 4. The Morgan fingerprint density at radius 2 is 2.16 bits per heavy atom. The zero-order chi connectivity index (χ0) is 13.2. The van der Waals surface area contributed by atoms with Gasteiger partial charge in [0.05, 0.1) is 12.1 Å². The highest BCUT2D eigenvalue weighted by Crippen LogP contribution is 2.19. The third-order valence-electron chi connectivity index (χ3n) is 2.66. The molecular formula is C13H12N4O2. The van der Waals surface area contributed by atoms with E-state index in [9.17, 15) is 4.79 Å². The monoisotopic (exact) mass is 256 g/mol. The lowest BCUT2D eigenvalue weighted by molar-refractivity contribution is 0.328. The number of rotatable bonds is 3. The maximum atomic E-state index is 11.3. The fourth-order valence-electron chi connectivity index (χ4n) is 1.83. The van der Waals surface area contributed by atoms with E-state index in [1.165, 1.54) is 6.07 Å². The van der Waals surface area contributed by atoms with Crippen molar-refractivity contribution in [3.8, 4) is 17.3 Å². The second-order valence-corrected chi connectivity index (χ2v) is 3.98. The molecule has 0 aromatic carbocycles. The molecule has 3 heterocycles. The van der Waals surface area contributed by atoms with E-state index in [2.05, 4.69) is 19.9 Å². The van der Waals surface area contributed by atoms with E-state index in [1.54, 1.807) is 18.3 Å². The molecule has 6 heteroatoms. The Morgan fingerprint density at radius 3 is 2.95 bits per heavy atom. The van der Waals surface area contributed by atoms with Crippen molar-refractivity contribution in [2.45, 2.75) is 6.92 Å². The summed E-state index contributed by atoms with van der Waals surface area (Å²) in [6.07, 6.45) is 1.59. The van der Waals surface area contributed by atoms with Crippen molar-refractivity contribution in [2.24, 2.45) is 0 Å². The maximum absolute atomic E-state index is 11.3. The van der Waals surface area contributed by atoms with Gasteiger partial charge in [0.15, 0.2) is 5.65 Å². The number of aromatic amines is 2. The molecule has 0 saturated heterocycles. The summed E-state index contributed by atoms with van der Waals surface area (Å²) in [4.78, 5) is 25.6. The van der Waals surface area contributed by atoms with Crippen LogP contribution in [-0.4, -0.2) is 26.5 Å². The predicted molar refractivity (Wildman–Crippen MR) is 71.1 cm³/mol. The molecule has 0 radical (unpaired) electrons. The third kappa shape index (κ3) is 2.20. The molecule has 96 valence electrons. The third-order valence-corrected chi connectivity index (χ3v) is 2.66. The number of nitrogens with zero attached hydrogens (tertiary/aromatic N) is 2. The normalized spacial score (nSPS) is 10.8. The minimum absolute atomic E-state index is 0.166. The van der Waals surface area contributed by atoms with Crippen molar-refractivity contribution in [2.75, 3.05) is 6.61 Å². The van der Waals surface area contributed by atoms with Gasteiger partial charge in [0.1, 0.15) is 5.82 Å². The van der Waals surface area contributed by atoms with Gasteiger partial charge in [-0.05, 0) is 19.1 Å². The summed E-state index contributed by atoms with van der Waals surface area (Å²) in [6.45, 7) is 2.46. The van der Waals surface area contributed by atoms with Crippen LogP contribution in [0.15, 0.2) is 35.3 Å². The van der Waals surface area contributed by atoms with Crippen LogP contribution in [0, 0.1) is 0 Å². The zero-order valence-electron chi connectivity index (χ0n) is 10.3. The van der Waals surface area contributed by atoms with Crippen LogP contribution < -0.4 is 10.3 Å². The van der Waals surface area contributed by atoms with E-state index in [0.29, 0.717) is 24.0 Å². The fourth-order valence-corrected chi connectivity index (χ4v) is 1.83. The van der Waals surface area contributed by atoms with Crippen molar-refractivity contribution >= 4 is 11.2 Å². The van der Waals surface area contributed by atoms with Gasteiger partial charge in [-0.2, -0.15) is 4.98 Å². The first kappa shape index (κ1) is 11.5. The lowest BCUT2D eigenvalue weighted by atomic mass is 10.2. The number of fused-ring (bicyclic) bond motifs is 1. The molecule has 2 N–H and O–H groups in total. The molecule has 0 aliphatic carbocycles. The molecule has 3 rings (SSSR count). The molecule has 0 spiro atoms. The summed E-state index contributed by atoms with van der Waals surface area (Å²) in [5.41, 5.74) is 1.93. The number of aromatic nitrogens is 4. The van der Waals surface area contributed by atoms with Gasteiger partial charge in [-0.25, -0.2) is 4.98 Å². The molecule has 0 amide bonds. The van der Waals surface area contributed by atoms with Crippen LogP contribution in [0.25, 0.3) is 22.6 Å². The summed E-state index contributed by atoms with van der Waals surface area (Å²) < 4.78 is 5.33. The van der Waals surface area contributed by atoms with Crippen molar-refractivity contribution in [1.82, 2.24) is 19.9 Å². The smallest absolute Gasteiger partial charge is 0.248 e. The summed E-state index contributed by atoms with van der Waals surface area (Å²) in [5, 5.41) is 0. The van der Waals surface area contributed by atoms with Crippen molar-refractivity contribution < 1.29 is 4.74 Å². The lowest BCUT2D eigenvalue weighted by Gasteiger charge is -1.99. The van der Waals surface area contributed by atoms with Crippen LogP contribution in [-0.2, 0) is 0 Å². The second-order valence-electron chi connectivity index (χ2n) is 3.98. The molecule has 0 saturated carbocycles. The number of nitrogens with one attached hydrogen (secondary N) is 2. The molecule has 0 bridgehead atoms. The van der Waals surface area contributed by atoms with E-state index in [-0.39, 0.29) is 5.56 Å². The van der Waals surface area contributed by atoms with Crippen molar-refractivity contribution in [3.63, 3.8) is 0 Å². The van der Waals surface area contributed by atoms with E-state index >= 15 is 0 Å². The van der Waals surface area contributed by atoms with Gasteiger partial charge in [0.2, 0.25) is 11.4 Å². The van der Waals surface area contributed by atoms with Gasteiger partial charge in [0, 0.05) is 23.9 Å². The summed E-state index contributed by atoms with van der Waals surface area (Å²) >= 11 is 0. The summed E-state index contributed by atoms with van der Waals surface area (Å²) in [5.74, 6) is 1.15. The highest BCUT2D eigenvalue weighted by Gasteiger charge is 2.07. The van der Waals surface area contributed by atoms with Gasteiger partial charge in [-0.3, -0.25) is 4.79 Å². The fraction of sp³-hybridized carbons (Fsp3) is 0.154. The molecule has 0 aliphatic rings. The Labute approximate surface area is 108 Å². The molecule has 0 unspecified atom stereocenters. The first-order valence-corrected chi connectivity index (χ1v) is 5.95. The highest BCUT2D eigenvalue weighted by molar-refractivity contribution is 5.76. The van der Waals surface area contributed by atoms with Crippen molar-refractivity contribution in [3.05, 3.63) is 40.8 Å². The van der Waals surface area contributed by atoms with Gasteiger partial charge < -0.3 is 14.7 Å². The maximum Gasteiger partial charge on any atom is 0.248 e. The van der Waals surface area contributed by atoms with Crippen LogP contribution in [0.5, 0.6) is 5.88 Å².